The molecule has 1 heterocycles. The Balaban J connectivity index is 2.94. The summed E-state index contributed by atoms with van der Waals surface area (Å²) in [7, 11) is 0. The fourth-order valence-corrected chi connectivity index (χ4v) is 2.03. The van der Waals surface area contributed by atoms with E-state index >= 15 is 0 Å². The van der Waals surface area contributed by atoms with Crippen LogP contribution < -0.4 is 0 Å². The maximum absolute atomic E-state index is 12.1. The molecule has 8 heteroatoms. The summed E-state index contributed by atoms with van der Waals surface area (Å²) in [5.41, 5.74) is 0. The van der Waals surface area contributed by atoms with Gasteiger partial charge in [0.2, 0.25) is 5.82 Å². The molecule has 0 aliphatic heterocycles. The van der Waals surface area contributed by atoms with Gasteiger partial charge >= 0.3 is 6.18 Å². The highest BCUT2D eigenvalue weighted by molar-refractivity contribution is 9.09. The summed E-state index contributed by atoms with van der Waals surface area (Å²) in [5.74, 6) is -1.86. The van der Waals surface area contributed by atoms with Gasteiger partial charge in [0.1, 0.15) is 10.9 Å². The van der Waals surface area contributed by atoms with Crippen LogP contribution in [0.4, 0.5) is 13.2 Å². The molecule has 0 spiro atoms. The quantitative estimate of drug-likeness (QED) is 0.785. The van der Waals surface area contributed by atoms with Crippen molar-refractivity contribution < 1.29 is 13.2 Å². The normalized spacial score (nSPS) is 13.6. The second-order valence-electron chi connectivity index (χ2n) is 2.29. The van der Waals surface area contributed by atoms with E-state index in [0.717, 1.165) is 0 Å². The van der Waals surface area contributed by atoms with Crippen molar-refractivity contribution in [3.05, 3.63) is 10.8 Å². The minimum Gasteiger partial charge on any atom is -0.215 e. The minimum absolute atomic E-state index is 0.0803. The summed E-state index contributed by atoms with van der Waals surface area (Å²) in [6.45, 7) is 0. The first kappa shape index (κ1) is 11.4. The van der Waals surface area contributed by atoms with Crippen LogP contribution in [0.3, 0.4) is 0 Å². The first-order valence-electron chi connectivity index (χ1n) is 3.35. The molecule has 1 aromatic heterocycles. The van der Waals surface area contributed by atoms with Gasteiger partial charge in [-0.05, 0) is 11.5 Å². The lowest BCUT2D eigenvalue weighted by atomic mass is 10.2. The summed E-state index contributed by atoms with van der Waals surface area (Å²) in [4.78, 5) is 3.25. The SMILES string of the molecule is N#CC(CBr)c1nc(C(F)(F)F)ns1. The van der Waals surface area contributed by atoms with Gasteiger partial charge in [-0.3, -0.25) is 0 Å². The topological polar surface area (TPSA) is 49.6 Å². The first-order chi connectivity index (χ1) is 6.49. The zero-order valence-corrected chi connectivity index (χ0v) is 8.95. The van der Waals surface area contributed by atoms with E-state index in [-0.39, 0.29) is 10.3 Å². The average Bonchev–Trinajstić information content (AvgIpc) is 2.54. The Morgan fingerprint density at radius 1 is 1.57 bits per heavy atom. The molecule has 0 radical (unpaired) electrons. The highest BCUT2D eigenvalue weighted by Crippen LogP contribution is 2.29. The Morgan fingerprint density at radius 3 is 2.57 bits per heavy atom. The predicted octanol–water partition coefficient (Wildman–Crippen LogP) is 2.56. The lowest BCUT2D eigenvalue weighted by molar-refractivity contribution is -0.144. The molecule has 76 valence electrons. The summed E-state index contributed by atoms with van der Waals surface area (Å²) >= 11 is 3.61. The minimum atomic E-state index is -4.54. The third-order valence-corrected chi connectivity index (χ3v) is 2.78. The fraction of sp³-hybridized carbons (Fsp3) is 0.500. The summed E-state index contributed by atoms with van der Waals surface area (Å²) in [6, 6.07) is 1.83. The molecule has 0 aromatic carbocycles. The molecule has 0 amide bonds. The fourth-order valence-electron chi connectivity index (χ4n) is 0.648. The molecule has 1 unspecified atom stereocenters. The molecule has 0 saturated carbocycles. The van der Waals surface area contributed by atoms with E-state index in [1.54, 1.807) is 0 Å². The Kier molecular flexibility index (Phi) is 3.44. The van der Waals surface area contributed by atoms with Crippen molar-refractivity contribution in [3.8, 4) is 6.07 Å². The van der Waals surface area contributed by atoms with Gasteiger partial charge in [0.05, 0.1) is 6.07 Å². The highest BCUT2D eigenvalue weighted by Gasteiger charge is 2.36. The van der Waals surface area contributed by atoms with Crippen LogP contribution in [0.5, 0.6) is 0 Å². The van der Waals surface area contributed by atoms with Gasteiger partial charge in [0, 0.05) is 5.33 Å². The van der Waals surface area contributed by atoms with Crippen molar-refractivity contribution in [2.45, 2.75) is 12.1 Å². The van der Waals surface area contributed by atoms with E-state index in [1.165, 1.54) is 0 Å². The third-order valence-electron chi connectivity index (χ3n) is 1.30. The largest absolute Gasteiger partial charge is 0.452 e. The summed E-state index contributed by atoms with van der Waals surface area (Å²) in [6.07, 6.45) is -4.54. The molecule has 3 nitrogen and oxygen atoms in total. The number of halogens is 4. The van der Waals surface area contributed by atoms with Crippen LogP contribution in [-0.4, -0.2) is 14.7 Å². The molecule has 1 rings (SSSR count). The Bertz CT molecular complexity index is 356. The molecule has 0 aliphatic rings. The Hall–Kier alpha value is -0.680. The van der Waals surface area contributed by atoms with Crippen LogP contribution in [0.15, 0.2) is 0 Å². The smallest absolute Gasteiger partial charge is 0.215 e. The number of hydrogen-bond donors (Lipinski definition) is 0. The van der Waals surface area contributed by atoms with Crippen molar-refractivity contribution in [2.24, 2.45) is 0 Å². The van der Waals surface area contributed by atoms with Crippen molar-refractivity contribution in [1.82, 2.24) is 9.36 Å². The molecule has 1 aromatic rings. The van der Waals surface area contributed by atoms with Crippen LogP contribution in [-0.2, 0) is 6.18 Å². The van der Waals surface area contributed by atoms with E-state index in [1.807, 2.05) is 6.07 Å². The number of rotatable bonds is 2. The molecule has 1 atom stereocenters. The van der Waals surface area contributed by atoms with Gasteiger partial charge in [-0.25, -0.2) is 4.98 Å². The van der Waals surface area contributed by atoms with E-state index in [4.69, 9.17) is 5.26 Å². The van der Waals surface area contributed by atoms with Gasteiger partial charge in [-0.2, -0.15) is 22.8 Å². The zero-order chi connectivity index (χ0) is 10.8. The van der Waals surface area contributed by atoms with Crippen molar-refractivity contribution in [3.63, 3.8) is 0 Å². The predicted molar refractivity (Wildman–Crippen MR) is 47.1 cm³/mol. The number of hydrogen-bond acceptors (Lipinski definition) is 4. The third kappa shape index (κ3) is 2.42. The molecule has 0 saturated heterocycles. The first-order valence-corrected chi connectivity index (χ1v) is 5.25. The molecule has 0 N–H and O–H groups in total. The number of alkyl halides is 4. The average molecular weight is 286 g/mol. The Morgan fingerprint density at radius 2 is 2.21 bits per heavy atom. The molecule has 0 fully saturated rings. The van der Waals surface area contributed by atoms with Crippen LogP contribution in [0.2, 0.25) is 0 Å². The lowest BCUT2D eigenvalue weighted by Crippen LogP contribution is -2.08. The van der Waals surface area contributed by atoms with E-state index in [9.17, 15) is 13.2 Å². The number of nitrogens with zero attached hydrogens (tertiary/aromatic N) is 3. The van der Waals surface area contributed by atoms with Gasteiger partial charge in [0.25, 0.3) is 0 Å². The zero-order valence-electron chi connectivity index (χ0n) is 6.55. The maximum atomic E-state index is 12.1. The van der Waals surface area contributed by atoms with Crippen LogP contribution in [0, 0.1) is 11.3 Å². The van der Waals surface area contributed by atoms with E-state index in [0.29, 0.717) is 11.5 Å². The van der Waals surface area contributed by atoms with Gasteiger partial charge < -0.3 is 0 Å². The molecule has 0 bridgehead atoms. The van der Waals surface area contributed by atoms with Crippen LogP contribution in [0.1, 0.15) is 16.7 Å². The van der Waals surface area contributed by atoms with Crippen LogP contribution in [0.25, 0.3) is 0 Å². The Labute approximate surface area is 89.9 Å². The number of aromatic nitrogens is 2. The molecular formula is C6H3BrF3N3S. The molecular weight excluding hydrogens is 283 g/mol. The van der Waals surface area contributed by atoms with Crippen molar-refractivity contribution in [2.75, 3.05) is 5.33 Å². The number of nitriles is 1. The summed E-state index contributed by atoms with van der Waals surface area (Å²) < 4.78 is 39.3. The maximum Gasteiger partial charge on any atom is 0.452 e. The second kappa shape index (κ2) is 4.23. The highest BCUT2D eigenvalue weighted by atomic mass is 79.9. The van der Waals surface area contributed by atoms with E-state index < -0.39 is 17.9 Å². The molecule has 0 aliphatic carbocycles. The van der Waals surface area contributed by atoms with Gasteiger partial charge in [-0.15, -0.1) is 0 Å². The summed E-state index contributed by atoms with van der Waals surface area (Å²) in [5, 5.41) is 8.90. The van der Waals surface area contributed by atoms with Crippen molar-refractivity contribution in [1.29, 1.82) is 5.26 Å². The monoisotopic (exact) mass is 285 g/mol. The van der Waals surface area contributed by atoms with Crippen molar-refractivity contribution >= 4 is 27.5 Å². The van der Waals surface area contributed by atoms with Gasteiger partial charge in [-0.1, -0.05) is 15.9 Å². The standard InChI is InChI=1S/C6H3BrF3N3S/c7-1-3(2-11)4-12-5(13-14-4)6(8,9)10/h3H,1H2. The van der Waals surface area contributed by atoms with E-state index in [2.05, 4.69) is 25.3 Å². The second-order valence-corrected chi connectivity index (χ2v) is 3.72. The van der Waals surface area contributed by atoms with Gasteiger partial charge in [0.15, 0.2) is 0 Å². The lowest BCUT2D eigenvalue weighted by Gasteiger charge is -1.99. The van der Waals surface area contributed by atoms with Crippen LogP contribution >= 0.6 is 27.5 Å². The molecule has 14 heavy (non-hydrogen) atoms.